The summed E-state index contributed by atoms with van der Waals surface area (Å²) >= 11 is 0. The van der Waals surface area contributed by atoms with Crippen molar-refractivity contribution in [2.24, 2.45) is 0 Å². The Labute approximate surface area is 133 Å². The van der Waals surface area contributed by atoms with Crippen molar-refractivity contribution in [1.29, 1.82) is 0 Å². The maximum atomic E-state index is 13.3. The van der Waals surface area contributed by atoms with Gasteiger partial charge in [-0.1, -0.05) is 6.07 Å². The molecule has 6 heteroatoms. The largest absolute Gasteiger partial charge is 0.496 e. The molecule has 4 nitrogen and oxygen atoms in total. The topological polar surface area (TPSA) is 41.6 Å². The highest BCUT2D eigenvalue weighted by Crippen LogP contribution is 2.20. The third-order valence-electron chi connectivity index (χ3n) is 3.20. The van der Waals surface area contributed by atoms with E-state index in [1.54, 1.807) is 24.1 Å². The van der Waals surface area contributed by atoms with Crippen LogP contribution in [0.25, 0.3) is 0 Å². The minimum absolute atomic E-state index is 0.0795. The average molecular weight is 320 g/mol. The molecule has 0 fully saturated rings. The third-order valence-corrected chi connectivity index (χ3v) is 3.20. The summed E-state index contributed by atoms with van der Waals surface area (Å²) in [6.45, 7) is 0.424. The molecule has 122 valence electrons. The third kappa shape index (κ3) is 5.03. The summed E-state index contributed by atoms with van der Waals surface area (Å²) < 4.78 is 31.6. The number of nitrogens with one attached hydrogen (secondary N) is 1. The highest BCUT2D eigenvalue weighted by molar-refractivity contribution is 5.92. The van der Waals surface area contributed by atoms with Gasteiger partial charge < -0.3 is 10.1 Å². The number of hydrogen-bond donors (Lipinski definition) is 1. The predicted molar refractivity (Wildman–Crippen MR) is 84.3 cm³/mol. The summed E-state index contributed by atoms with van der Waals surface area (Å²) in [5, 5.41) is 2.61. The zero-order chi connectivity index (χ0) is 16.8. The molecule has 0 saturated heterocycles. The Morgan fingerprint density at radius 3 is 2.61 bits per heavy atom. The summed E-state index contributed by atoms with van der Waals surface area (Å²) in [7, 11) is 3.24. The van der Waals surface area contributed by atoms with E-state index >= 15 is 0 Å². The molecule has 0 aliphatic carbocycles. The van der Waals surface area contributed by atoms with Crippen LogP contribution in [0.3, 0.4) is 0 Å². The lowest BCUT2D eigenvalue weighted by Crippen LogP contribution is -2.30. The number of amides is 1. The van der Waals surface area contributed by atoms with Gasteiger partial charge in [-0.15, -0.1) is 0 Å². The molecule has 0 atom stereocenters. The molecule has 2 aromatic carbocycles. The molecular formula is C17H18F2N2O2. The Morgan fingerprint density at radius 2 is 1.91 bits per heavy atom. The van der Waals surface area contributed by atoms with Crippen LogP contribution >= 0.6 is 0 Å². The minimum Gasteiger partial charge on any atom is -0.496 e. The maximum absolute atomic E-state index is 13.3. The molecule has 0 saturated carbocycles. The van der Waals surface area contributed by atoms with Crippen LogP contribution < -0.4 is 10.1 Å². The van der Waals surface area contributed by atoms with Crippen molar-refractivity contribution in [3.05, 3.63) is 59.7 Å². The molecule has 0 aromatic heterocycles. The van der Waals surface area contributed by atoms with Crippen LogP contribution in [-0.4, -0.2) is 31.5 Å². The molecule has 1 N–H and O–H groups in total. The van der Waals surface area contributed by atoms with Crippen molar-refractivity contribution in [3.63, 3.8) is 0 Å². The molecule has 2 rings (SSSR count). The van der Waals surface area contributed by atoms with Crippen molar-refractivity contribution < 1.29 is 18.3 Å². The molecule has 0 aliphatic heterocycles. The summed E-state index contributed by atoms with van der Waals surface area (Å²) in [4.78, 5) is 13.7. The number of nitrogens with zero attached hydrogens (tertiary/aromatic N) is 1. The second kappa shape index (κ2) is 7.69. The Bertz CT molecular complexity index is 692. The first-order chi connectivity index (χ1) is 11.0. The molecule has 0 heterocycles. The van der Waals surface area contributed by atoms with Crippen LogP contribution in [-0.2, 0) is 11.3 Å². The van der Waals surface area contributed by atoms with Crippen molar-refractivity contribution in [3.8, 4) is 5.75 Å². The van der Waals surface area contributed by atoms with E-state index in [0.717, 1.165) is 0 Å². The molecule has 0 bridgehead atoms. The number of anilines is 1. The number of likely N-dealkylation sites (N-methyl/N-ethyl adjacent to an activating group) is 1. The predicted octanol–water partition coefficient (Wildman–Crippen LogP) is 3.04. The second-order valence-corrected chi connectivity index (χ2v) is 5.19. The van der Waals surface area contributed by atoms with E-state index in [1.165, 1.54) is 37.4 Å². The first-order valence-electron chi connectivity index (χ1n) is 7.04. The lowest BCUT2D eigenvalue weighted by atomic mass is 10.2. The fourth-order valence-electron chi connectivity index (χ4n) is 2.23. The molecule has 0 unspecified atom stereocenters. The minimum atomic E-state index is -0.416. The molecule has 0 aliphatic rings. The number of carbonyl (C=O) groups is 1. The number of halogens is 2. The van der Waals surface area contributed by atoms with Crippen LogP contribution in [0.15, 0.2) is 42.5 Å². The Balaban J connectivity index is 1.95. The first-order valence-corrected chi connectivity index (χ1v) is 7.04. The number of ether oxygens (including phenoxy) is 1. The van der Waals surface area contributed by atoms with E-state index in [4.69, 9.17) is 4.74 Å². The fourth-order valence-corrected chi connectivity index (χ4v) is 2.23. The van der Waals surface area contributed by atoms with Crippen molar-refractivity contribution in [2.75, 3.05) is 26.0 Å². The quantitative estimate of drug-likeness (QED) is 0.889. The second-order valence-electron chi connectivity index (χ2n) is 5.19. The van der Waals surface area contributed by atoms with Gasteiger partial charge in [0.15, 0.2) is 0 Å². The number of benzene rings is 2. The highest BCUT2D eigenvalue weighted by Gasteiger charge is 2.11. The van der Waals surface area contributed by atoms with E-state index in [-0.39, 0.29) is 18.3 Å². The molecule has 0 radical (unpaired) electrons. The summed E-state index contributed by atoms with van der Waals surface area (Å²) in [5.41, 5.74) is 1.04. The van der Waals surface area contributed by atoms with Gasteiger partial charge >= 0.3 is 0 Å². The smallest absolute Gasteiger partial charge is 0.238 e. The lowest BCUT2D eigenvalue weighted by Gasteiger charge is -2.18. The average Bonchev–Trinajstić information content (AvgIpc) is 2.47. The normalized spacial score (nSPS) is 10.7. The van der Waals surface area contributed by atoms with Crippen molar-refractivity contribution in [2.45, 2.75) is 6.54 Å². The SMILES string of the molecule is COc1ccc(F)cc1CN(C)CC(=O)Nc1cccc(F)c1. The van der Waals surface area contributed by atoms with Crippen LogP contribution in [0.1, 0.15) is 5.56 Å². The van der Waals surface area contributed by atoms with Gasteiger partial charge in [0.2, 0.25) is 5.91 Å². The number of rotatable bonds is 6. The van der Waals surface area contributed by atoms with E-state index in [2.05, 4.69) is 5.32 Å². The molecule has 0 spiro atoms. The highest BCUT2D eigenvalue weighted by atomic mass is 19.1. The Hall–Kier alpha value is -2.47. The summed E-state index contributed by atoms with van der Waals surface area (Å²) in [5.74, 6) is -0.503. The van der Waals surface area contributed by atoms with Gasteiger partial charge in [-0.3, -0.25) is 9.69 Å². The maximum Gasteiger partial charge on any atom is 0.238 e. The molecular weight excluding hydrogens is 302 g/mol. The van der Waals surface area contributed by atoms with Gasteiger partial charge in [-0.05, 0) is 43.4 Å². The number of methoxy groups -OCH3 is 1. The van der Waals surface area contributed by atoms with E-state index in [9.17, 15) is 13.6 Å². The standard InChI is InChI=1S/C17H18F2N2O2/c1-21(10-12-8-14(19)6-7-16(12)23-2)11-17(22)20-15-5-3-4-13(18)9-15/h3-9H,10-11H2,1-2H3,(H,20,22). The van der Waals surface area contributed by atoms with Crippen LogP contribution in [0.2, 0.25) is 0 Å². The van der Waals surface area contributed by atoms with Gasteiger partial charge in [-0.25, -0.2) is 8.78 Å². The van der Waals surface area contributed by atoms with Crippen molar-refractivity contribution >= 4 is 11.6 Å². The number of hydrogen-bond acceptors (Lipinski definition) is 3. The van der Waals surface area contributed by atoms with E-state index < -0.39 is 5.82 Å². The monoisotopic (exact) mass is 320 g/mol. The van der Waals surface area contributed by atoms with Gasteiger partial charge in [0.25, 0.3) is 0 Å². The van der Waals surface area contributed by atoms with Crippen molar-refractivity contribution in [1.82, 2.24) is 4.90 Å². The van der Waals surface area contributed by atoms with Crippen LogP contribution in [0, 0.1) is 11.6 Å². The summed E-state index contributed by atoms with van der Waals surface area (Å²) in [6.07, 6.45) is 0. The molecule has 23 heavy (non-hydrogen) atoms. The van der Waals surface area contributed by atoms with E-state index in [0.29, 0.717) is 23.5 Å². The number of carbonyl (C=O) groups excluding carboxylic acids is 1. The molecule has 2 aromatic rings. The van der Waals surface area contributed by atoms with E-state index in [1.807, 2.05) is 0 Å². The van der Waals surface area contributed by atoms with Gasteiger partial charge in [0.1, 0.15) is 17.4 Å². The Kier molecular flexibility index (Phi) is 5.65. The molecule has 1 amide bonds. The summed E-state index contributed by atoms with van der Waals surface area (Å²) in [6, 6.07) is 9.92. The zero-order valence-corrected chi connectivity index (χ0v) is 13.0. The van der Waals surface area contributed by atoms with Crippen LogP contribution in [0.4, 0.5) is 14.5 Å². The van der Waals surface area contributed by atoms with Gasteiger partial charge in [0, 0.05) is 17.8 Å². The Morgan fingerprint density at radius 1 is 1.17 bits per heavy atom. The van der Waals surface area contributed by atoms with Gasteiger partial charge in [0.05, 0.1) is 13.7 Å². The first kappa shape index (κ1) is 16.9. The van der Waals surface area contributed by atoms with Gasteiger partial charge in [-0.2, -0.15) is 0 Å². The lowest BCUT2D eigenvalue weighted by molar-refractivity contribution is -0.117. The van der Waals surface area contributed by atoms with Crippen LogP contribution in [0.5, 0.6) is 5.75 Å². The zero-order valence-electron chi connectivity index (χ0n) is 13.0. The fraction of sp³-hybridized carbons (Fsp3) is 0.235.